The van der Waals surface area contributed by atoms with E-state index in [2.05, 4.69) is 6.58 Å². The molecule has 0 amide bonds. The third-order valence-electron chi connectivity index (χ3n) is 2.80. The molecule has 0 saturated carbocycles. The highest BCUT2D eigenvalue weighted by Crippen LogP contribution is 2.21. The summed E-state index contributed by atoms with van der Waals surface area (Å²) in [6.07, 6.45) is 2.41. The fraction of sp³-hybridized carbons (Fsp3) is 0.0667. The molecule has 0 aliphatic rings. The van der Waals surface area contributed by atoms with Gasteiger partial charge in [0.15, 0.2) is 0 Å². The summed E-state index contributed by atoms with van der Waals surface area (Å²) in [5.41, 5.74) is 3.13. The molecule has 3 nitrogen and oxygen atoms in total. The first-order valence-electron chi connectivity index (χ1n) is 5.64. The molecule has 0 aliphatic heterocycles. The summed E-state index contributed by atoms with van der Waals surface area (Å²) in [4.78, 5) is 10.3. The second kappa shape index (κ2) is 5.27. The molecule has 18 heavy (non-hydrogen) atoms. The molecule has 90 valence electrons. The van der Waals surface area contributed by atoms with Crippen molar-refractivity contribution in [2.24, 2.45) is 0 Å². The smallest absolute Gasteiger partial charge is 0.258 e. The number of benzene rings is 2. The highest BCUT2D eigenvalue weighted by Gasteiger charge is 2.09. The summed E-state index contributed by atoms with van der Waals surface area (Å²) in [6.45, 7) is 3.71. The fourth-order valence-corrected chi connectivity index (χ4v) is 1.86. The monoisotopic (exact) mass is 239 g/mol. The van der Waals surface area contributed by atoms with Crippen LogP contribution in [0, 0.1) is 10.1 Å². The largest absolute Gasteiger partial charge is 0.270 e. The molecule has 2 rings (SSSR count). The maximum atomic E-state index is 10.7. The van der Waals surface area contributed by atoms with Gasteiger partial charge in [-0.05, 0) is 23.1 Å². The number of rotatable bonds is 4. The van der Waals surface area contributed by atoms with E-state index >= 15 is 0 Å². The Morgan fingerprint density at radius 2 is 1.89 bits per heavy atom. The molecule has 0 saturated heterocycles. The van der Waals surface area contributed by atoms with Gasteiger partial charge in [-0.2, -0.15) is 0 Å². The second-order valence-electron chi connectivity index (χ2n) is 4.01. The number of hydrogen-bond donors (Lipinski definition) is 0. The Morgan fingerprint density at radius 3 is 2.50 bits per heavy atom. The molecule has 0 atom stereocenters. The third-order valence-corrected chi connectivity index (χ3v) is 2.80. The lowest BCUT2D eigenvalue weighted by atomic mass is 9.99. The Labute approximate surface area is 106 Å². The zero-order chi connectivity index (χ0) is 13.0. The van der Waals surface area contributed by atoms with E-state index in [1.165, 1.54) is 11.6 Å². The highest BCUT2D eigenvalue weighted by atomic mass is 16.6. The number of nitro benzene ring substituents is 1. The van der Waals surface area contributed by atoms with Gasteiger partial charge in [-0.3, -0.25) is 10.1 Å². The van der Waals surface area contributed by atoms with Gasteiger partial charge >= 0.3 is 0 Å². The van der Waals surface area contributed by atoms with Gasteiger partial charge in [0.25, 0.3) is 5.69 Å². The lowest BCUT2D eigenvalue weighted by Gasteiger charge is -2.06. The molecule has 0 aromatic heterocycles. The molecule has 0 radical (unpaired) electrons. The zero-order valence-electron chi connectivity index (χ0n) is 9.87. The van der Waals surface area contributed by atoms with Crippen LogP contribution in [0.15, 0.2) is 55.1 Å². The van der Waals surface area contributed by atoms with E-state index in [1.807, 2.05) is 30.3 Å². The number of non-ortho nitro benzene ring substituents is 1. The summed E-state index contributed by atoms with van der Waals surface area (Å²) >= 11 is 0. The van der Waals surface area contributed by atoms with Crippen LogP contribution in [-0.4, -0.2) is 4.92 Å². The van der Waals surface area contributed by atoms with Crippen LogP contribution in [0.1, 0.15) is 16.7 Å². The maximum Gasteiger partial charge on any atom is 0.270 e. The van der Waals surface area contributed by atoms with Gasteiger partial charge < -0.3 is 0 Å². The van der Waals surface area contributed by atoms with Gasteiger partial charge in [-0.1, -0.05) is 49.1 Å². The summed E-state index contributed by atoms with van der Waals surface area (Å²) in [5.74, 6) is 0. The van der Waals surface area contributed by atoms with Crippen molar-refractivity contribution < 1.29 is 4.92 Å². The van der Waals surface area contributed by atoms with E-state index in [9.17, 15) is 10.1 Å². The van der Waals surface area contributed by atoms with Crippen LogP contribution in [0.3, 0.4) is 0 Å². The predicted octanol–water partition coefficient (Wildman–Crippen LogP) is 3.83. The van der Waals surface area contributed by atoms with E-state index in [4.69, 9.17) is 0 Å². The Kier molecular flexibility index (Phi) is 3.53. The molecule has 0 unspecified atom stereocenters. The van der Waals surface area contributed by atoms with Gasteiger partial charge in [0.1, 0.15) is 0 Å². The predicted molar refractivity (Wildman–Crippen MR) is 72.4 cm³/mol. The third kappa shape index (κ3) is 2.63. The molecule has 0 fully saturated rings. The van der Waals surface area contributed by atoms with Gasteiger partial charge in [0.2, 0.25) is 0 Å². The minimum Gasteiger partial charge on any atom is -0.258 e. The van der Waals surface area contributed by atoms with Crippen molar-refractivity contribution in [2.75, 3.05) is 0 Å². The van der Waals surface area contributed by atoms with Crippen molar-refractivity contribution in [3.63, 3.8) is 0 Å². The summed E-state index contributed by atoms with van der Waals surface area (Å²) < 4.78 is 0. The van der Waals surface area contributed by atoms with E-state index < -0.39 is 0 Å². The molecule has 2 aromatic rings. The molecular formula is C15H13NO2. The Balaban J connectivity index is 2.34. The Morgan fingerprint density at radius 1 is 1.17 bits per heavy atom. The lowest BCUT2D eigenvalue weighted by Crippen LogP contribution is -1.94. The summed E-state index contributed by atoms with van der Waals surface area (Å²) in [7, 11) is 0. The average Bonchev–Trinajstić information content (AvgIpc) is 2.40. The molecular weight excluding hydrogens is 226 g/mol. The first-order chi connectivity index (χ1) is 8.70. The molecule has 0 bridgehead atoms. The summed E-state index contributed by atoms with van der Waals surface area (Å²) in [6, 6.07) is 14.9. The molecule has 3 heteroatoms. The first-order valence-corrected chi connectivity index (χ1v) is 5.64. The van der Waals surface area contributed by atoms with Gasteiger partial charge in [-0.25, -0.2) is 0 Å². The Hall–Kier alpha value is -2.42. The van der Waals surface area contributed by atoms with E-state index in [1.54, 1.807) is 18.2 Å². The van der Waals surface area contributed by atoms with Crippen LogP contribution >= 0.6 is 0 Å². The quantitative estimate of drug-likeness (QED) is 0.601. The van der Waals surface area contributed by atoms with Crippen LogP contribution in [0.5, 0.6) is 0 Å². The van der Waals surface area contributed by atoms with Crippen LogP contribution < -0.4 is 0 Å². The van der Waals surface area contributed by atoms with E-state index in [0.717, 1.165) is 17.5 Å². The molecule has 2 aromatic carbocycles. The zero-order valence-corrected chi connectivity index (χ0v) is 9.87. The standard InChI is InChI=1S/C15H13NO2/c1-2-13-11-15(16(17)18)9-8-14(13)10-12-6-4-3-5-7-12/h2-9,11H,1,10H2. The molecule has 0 aliphatic carbocycles. The minimum absolute atomic E-state index is 0.0988. The number of hydrogen-bond acceptors (Lipinski definition) is 2. The number of nitro groups is 1. The molecule has 0 N–H and O–H groups in total. The molecule has 0 spiro atoms. The van der Waals surface area contributed by atoms with Gasteiger partial charge in [0.05, 0.1) is 4.92 Å². The summed E-state index contributed by atoms with van der Waals surface area (Å²) in [5, 5.41) is 10.7. The fourth-order valence-electron chi connectivity index (χ4n) is 1.86. The van der Waals surface area contributed by atoms with Crippen molar-refractivity contribution in [3.05, 3.63) is 81.9 Å². The lowest BCUT2D eigenvalue weighted by molar-refractivity contribution is -0.384. The van der Waals surface area contributed by atoms with Gasteiger partial charge in [0, 0.05) is 12.1 Å². The first kappa shape index (κ1) is 12.0. The van der Waals surface area contributed by atoms with Crippen molar-refractivity contribution in [3.8, 4) is 0 Å². The normalized spacial score (nSPS) is 10.0. The average molecular weight is 239 g/mol. The van der Waals surface area contributed by atoms with Crippen LogP contribution in [0.2, 0.25) is 0 Å². The van der Waals surface area contributed by atoms with Crippen molar-refractivity contribution >= 4 is 11.8 Å². The van der Waals surface area contributed by atoms with Crippen molar-refractivity contribution in [1.82, 2.24) is 0 Å². The Bertz CT molecular complexity index is 576. The van der Waals surface area contributed by atoms with Crippen LogP contribution in [0.4, 0.5) is 5.69 Å². The SMILES string of the molecule is C=Cc1cc([N+](=O)[O-])ccc1Cc1ccccc1. The van der Waals surface area contributed by atoms with E-state index in [-0.39, 0.29) is 10.6 Å². The second-order valence-corrected chi connectivity index (χ2v) is 4.01. The number of nitrogens with zero attached hydrogens (tertiary/aromatic N) is 1. The minimum atomic E-state index is -0.390. The van der Waals surface area contributed by atoms with Crippen molar-refractivity contribution in [2.45, 2.75) is 6.42 Å². The topological polar surface area (TPSA) is 43.1 Å². The molecule has 0 heterocycles. The van der Waals surface area contributed by atoms with E-state index in [0.29, 0.717) is 0 Å². The maximum absolute atomic E-state index is 10.7. The van der Waals surface area contributed by atoms with Crippen LogP contribution in [-0.2, 0) is 6.42 Å². The van der Waals surface area contributed by atoms with Crippen LogP contribution in [0.25, 0.3) is 6.08 Å². The van der Waals surface area contributed by atoms with Gasteiger partial charge in [-0.15, -0.1) is 0 Å². The van der Waals surface area contributed by atoms with Crippen molar-refractivity contribution in [1.29, 1.82) is 0 Å². The highest BCUT2D eigenvalue weighted by molar-refractivity contribution is 5.57.